The minimum Gasteiger partial charge on any atom is -0.356 e. The first-order valence-electron chi connectivity index (χ1n) is 8.17. The van der Waals surface area contributed by atoms with Gasteiger partial charge < -0.3 is 5.32 Å². The van der Waals surface area contributed by atoms with E-state index < -0.39 is 0 Å². The summed E-state index contributed by atoms with van der Waals surface area (Å²) in [7, 11) is 0. The molecule has 19 heavy (non-hydrogen) atoms. The predicted octanol–water partition coefficient (Wildman–Crippen LogP) is 4.26. The van der Waals surface area contributed by atoms with Crippen molar-refractivity contribution < 1.29 is 4.79 Å². The number of nitrogens with one attached hydrogen (secondary N) is 1. The standard InChI is InChI=1S/C16H28ClNO/c17-15-10-6-7-13(11-15)12-18-16(19)14-8-4-2-1-3-5-9-14/h13-15H,1-12H2,(H,18,19). The zero-order valence-electron chi connectivity index (χ0n) is 12.0. The van der Waals surface area contributed by atoms with Crippen LogP contribution in [0.25, 0.3) is 0 Å². The van der Waals surface area contributed by atoms with Crippen LogP contribution in [-0.2, 0) is 4.79 Å². The molecule has 2 aliphatic carbocycles. The Morgan fingerprint density at radius 1 is 0.947 bits per heavy atom. The minimum atomic E-state index is 0.274. The molecule has 2 saturated carbocycles. The van der Waals surface area contributed by atoms with Crippen LogP contribution in [0, 0.1) is 11.8 Å². The molecule has 2 fully saturated rings. The number of hydrogen-bond acceptors (Lipinski definition) is 1. The van der Waals surface area contributed by atoms with E-state index >= 15 is 0 Å². The summed E-state index contributed by atoms with van der Waals surface area (Å²) in [5.41, 5.74) is 0. The Hall–Kier alpha value is -0.240. The maximum atomic E-state index is 12.2. The Balaban J connectivity index is 1.70. The van der Waals surface area contributed by atoms with Gasteiger partial charge in [-0.15, -0.1) is 11.6 Å². The largest absolute Gasteiger partial charge is 0.356 e. The lowest BCUT2D eigenvalue weighted by molar-refractivity contribution is -0.125. The van der Waals surface area contributed by atoms with Crippen molar-refractivity contribution in [2.45, 2.75) is 76.0 Å². The normalized spacial score (nSPS) is 30.4. The van der Waals surface area contributed by atoms with Gasteiger partial charge in [-0.05, 0) is 38.0 Å². The summed E-state index contributed by atoms with van der Waals surface area (Å²) in [6.45, 7) is 0.846. The van der Waals surface area contributed by atoms with Gasteiger partial charge >= 0.3 is 0 Å². The Bertz CT molecular complexity index is 274. The van der Waals surface area contributed by atoms with Crippen LogP contribution in [0.4, 0.5) is 0 Å². The van der Waals surface area contributed by atoms with Crippen LogP contribution in [0.3, 0.4) is 0 Å². The second kappa shape index (κ2) is 8.14. The third-order valence-electron chi connectivity index (χ3n) is 4.76. The van der Waals surface area contributed by atoms with Gasteiger partial charge in [-0.2, -0.15) is 0 Å². The molecule has 0 radical (unpaired) electrons. The van der Waals surface area contributed by atoms with Crippen molar-refractivity contribution >= 4 is 17.5 Å². The van der Waals surface area contributed by atoms with Crippen molar-refractivity contribution in [3.63, 3.8) is 0 Å². The number of amides is 1. The molecule has 2 atom stereocenters. The van der Waals surface area contributed by atoms with E-state index in [0.717, 1.165) is 32.2 Å². The highest BCUT2D eigenvalue weighted by atomic mass is 35.5. The van der Waals surface area contributed by atoms with Crippen molar-refractivity contribution in [1.29, 1.82) is 0 Å². The van der Waals surface area contributed by atoms with Gasteiger partial charge in [0.15, 0.2) is 0 Å². The van der Waals surface area contributed by atoms with Crippen molar-refractivity contribution in [3.05, 3.63) is 0 Å². The van der Waals surface area contributed by atoms with E-state index in [1.807, 2.05) is 0 Å². The van der Waals surface area contributed by atoms with Gasteiger partial charge in [0.2, 0.25) is 5.91 Å². The molecule has 1 N–H and O–H groups in total. The molecule has 110 valence electrons. The van der Waals surface area contributed by atoms with Crippen LogP contribution in [0.5, 0.6) is 0 Å². The topological polar surface area (TPSA) is 29.1 Å². The van der Waals surface area contributed by atoms with E-state index in [0.29, 0.717) is 17.2 Å². The molecular formula is C16H28ClNO. The highest BCUT2D eigenvalue weighted by Crippen LogP contribution is 2.27. The fraction of sp³-hybridized carbons (Fsp3) is 0.938. The van der Waals surface area contributed by atoms with Gasteiger partial charge in [0.05, 0.1) is 0 Å². The molecule has 3 heteroatoms. The summed E-state index contributed by atoms with van der Waals surface area (Å²) in [5, 5.41) is 3.52. The van der Waals surface area contributed by atoms with E-state index in [-0.39, 0.29) is 5.92 Å². The summed E-state index contributed by atoms with van der Waals surface area (Å²) in [5.74, 6) is 1.18. The zero-order chi connectivity index (χ0) is 13.5. The molecule has 0 spiro atoms. The van der Waals surface area contributed by atoms with Gasteiger partial charge in [0.25, 0.3) is 0 Å². The summed E-state index contributed by atoms with van der Waals surface area (Å²) < 4.78 is 0. The smallest absolute Gasteiger partial charge is 0.223 e. The summed E-state index contributed by atoms with van der Waals surface area (Å²) in [6.07, 6.45) is 13.3. The quantitative estimate of drug-likeness (QED) is 0.771. The Labute approximate surface area is 122 Å². The van der Waals surface area contributed by atoms with Gasteiger partial charge in [-0.3, -0.25) is 4.79 Å². The third-order valence-corrected chi connectivity index (χ3v) is 5.16. The Morgan fingerprint density at radius 2 is 1.63 bits per heavy atom. The van der Waals surface area contributed by atoms with Gasteiger partial charge in [-0.1, -0.05) is 38.5 Å². The first kappa shape index (κ1) is 15.2. The molecule has 0 saturated heterocycles. The average Bonchev–Trinajstić information content (AvgIpc) is 2.36. The van der Waals surface area contributed by atoms with Gasteiger partial charge in [-0.25, -0.2) is 0 Å². The Kier molecular flexibility index (Phi) is 6.49. The minimum absolute atomic E-state index is 0.274. The molecule has 2 aliphatic rings. The van der Waals surface area contributed by atoms with Crippen LogP contribution in [-0.4, -0.2) is 17.8 Å². The summed E-state index contributed by atoms with van der Waals surface area (Å²) >= 11 is 6.20. The lowest BCUT2D eigenvalue weighted by Gasteiger charge is -2.26. The highest BCUT2D eigenvalue weighted by Gasteiger charge is 2.23. The van der Waals surface area contributed by atoms with Crippen molar-refractivity contribution in [2.75, 3.05) is 6.54 Å². The second-order valence-corrected chi connectivity index (χ2v) is 7.03. The van der Waals surface area contributed by atoms with Crippen LogP contribution in [0.15, 0.2) is 0 Å². The molecule has 0 aliphatic heterocycles. The van der Waals surface area contributed by atoms with Crippen LogP contribution in [0.2, 0.25) is 0 Å². The van der Waals surface area contributed by atoms with Gasteiger partial charge in [0.1, 0.15) is 0 Å². The zero-order valence-corrected chi connectivity index (χ0v) is 12.8. The average molecular weight is 286 g/mol. The monoisotopic (exact) mass is 285 g/mol. The Morgan fingerprint density at radius 3 is 2.32 bits per heavy atom. The van der Waals surface area contributed by atoms with E-state index in [9.17, 15) is 4.79 Å². The van der Waals surface area contributed by atoms with Crippen molar-refractivity contribution in [3.8, 4) is 0 Å². The van der Waals surface area contributed by atoms with E-state index in [4.69, 9.17) is 11.6 Å². The van der Waals surface area contributed by atoms with Crippen molar-refractivity contribution in [1.82, 2.24) is 5.32 Å². The molecule has 2 unspecified atom stereocenters. The van der Waals surface area contributed by atoms with Crippen molar-refractivity contribution in [2.24, 2.45) is 11.8 Å². The number of rotatable bonds is 3. The molecule has 2 nitrogen and oxygen atoms in total. The SMILES string of the molecule is O=C(NCC1CCCC(Cl)C1)C1CCCCCCC1. The molecule has 0 heterocycles. The fourth-order valence-electron chi connectivity index (χ4n) is 3.52. The summed E-state index contributed by atoms with van der Waals surface area (Å²) in [4.78, 5) is 12.2. The number of carbonyl (C=O) groups is 1. The highest BCUT2D eigenvalue weighted by molar-refractivity contribution is 6.20. The molecule has 0 aromatic rings. The van der Waals surface area contributed by atoms with E-state index in [1.165, 1.54) is 44.9 Å². The van der Waals surface area contributed by atoms with Crippen LogP contribution in [0.1, 0.15) is 70.6 Å². The predicted molar refractivity (Wildman–Crippen MR) is 80.4 cm³/mol. The number of halogens is 1. The molecule has 2 rings (SSSR count). The second-order valence-electron chi connectivity index (χ2n) is 6.42. The lowest BCUT2D eigenvalue weighted by atomic mass is 9.88. The number of carbonyl (C=O) groups excluding carboxylic acids is 1. The molecular weight excluding hydrogens is 258 g/mol. The first-order valence-corrected chi connectivity index (χ1v) is 8.61. The van der Waals surface area contributed by atoms with Crippen LogP contribution < -0.4 is 5.32 Å². The number of hydrogen-bond donors (Lipinski definition) is 1. The third kappa shape index (κ3) is 5.33. The maximum Gasteiger partial charge on any atom is 0.223 e. The van der Waals surface area contributed by atoms with E-state index in [2.05, 4.69) is 5.32 Å². The van der Waals surface area contributed by atoms with Gasteiger partial charge in [0, 0.05) is 17.8 Å². The number of alkyl halides is 1. The van der Waals surface area contributed by atoms with Crippen LogP contribution >= 0.6 is 11.6 Å². The molecule has 0 aromatic heterocycles. The molecule has 0 bridgehead atoms. The first-order chi connectivity index (χ1) is 9.25. The molecule has 1 amide bonds. The summed E-state index contributed by atoms with van der Waals surface area (Å²) in [6, 6.07) is 0. The maximum absolute atomic E-state index is 12.2. The lowest BCUT2D eigenvalue weighted by Crippen LogP contribution is -2.36. The molecule has 0 aromatic carbocycles. The van der Waals surface area contributed by atoms with E-state index in [1.54, 1.807) is 0 Å². The fourth-order valence-corrected chi connectivity index (χ4v) is 3.92.